The number of hydrogen-bond donors (Lipinski definition) is 0. The van der Waals surface area contributed by atoms with Crippen LogP contribution in [0.4, 0.5) is 0 Å². The molecule has 0 saturated carbocycles. The van der Waals surface area contributed by atoms with E-state index < -0.39 is 0 Å². The van der Waals surface area contributed by atoms with Crippen LogP contribution < -0.4 is 0 Å². The Morgan fingerprint density at radius 2 is 2.04 bits per heavy atom. The summed E-state index contributed by atoms with van der Waals surface area (Å²) in [4.78, 5) is 30.8. The highest BCUT2D eigenvalue weighted by Crippen LogP contribution is 2.22. The second-order valence-corrected chi connectivity index (χ2v) is 7.39. The molecular weight excluding hydrogens is 344 g/mol. The third-order valence-corrected chi connectivity index (χ3v) is 5.29. The molecule has 3 aromatic rings. The second-order valence-electron chi connectivity index (χ2n) is 5.24. The van der Waals surface area contributed by atoms with Gasteiger partial charge in [0.2, 0.25) is 0 Å². The molecule has 0 spiro atoms. The maximum atomic E-state index is 12.1. The van der Waals surface area contributed by atoms with Crippen LogP contribution in [0.25, 0.3) is 10.2 Å². The number of rotatable bonds is 6. The summed E-state index contributed by atoms with van der Waals surface area (Å²) >= 11 is 3.05. The minimum Gasteiger partial charge on any atom is -0.455 e. The van der Waals surface area contributed by atoms with Crippen LogP contribution >= 0.6 is 22.7 Å². The molecule has 0 aliphatic carbocycles. The Balaban J connectivity index is 1.50. The van der Waals surface area contributed by atoms with Crippen LogP contribution in [0, 0.1) is 0 Å². The molecule has 2 heterocycles. The fourth-order valence-electron chi connectivity index (χ4n) is 2.14. The van der Waals surface area contributed by atoms with Gasteiger partial charge in [0, 0.05) is 11.9 Å². The maximum Gasteiger partial charge on any atom is 0.311 e. The van der Waals surface area contributed by atoms with E-state index in [1.807, 2.05) is 41.8 Å². The van der Waals surface area contributed by atoms with Crippen LogP contribution in [0.5, 0.6) is 0 Å². The van der Waals surface area contributed by atoms with Crippen molar-refractivity contribution in [1.29, 1.82) is 0 Å². The normalized spacial score (nSPS) is 10.7. The van der Waals surface area contributed by atoms with E-state index in [-0.39, 0.29) is 24.9 Å². The number of thiazole rings is 1. The lowest BCUT2D eigenvalue weighted by Gasteiger charge is -2.15. The summed E-state index contributed by atoms with van der Waals surface area (Å²) in [6.45, 7) is 0.159. The molecule has 0 unspecified atom stereocenters. The van der Waals surface area contributed by atoms with Gasteiger partial charge in [-0.2, -0.15) is 0 Å². The molecule has 2 aromatic heterocycles. The van der Waals surface area contributed by atoms with Gasteiger partial charge in [0.05, 0.1) is 23.2 Å². The topological polar surface area (TPSA) is 59.5 Å². The molecular formula is C17H16N2O3S2. The first-order valence-electron chi connectivity index (χ1n) is 7.38. The van der Waals surface area contributed by atoms with Gasteiger partial charge in [-0.3, -0.25) is 9.59 Å². The smallest absolute Gasteiger partial charge is 0.311 e. The zero-order valence-electron chi connectivity index (χ0n) is 13.1. The number of thiophene rings is 1. The van der Waals surface area contributed by atoms with Crippen molar-refractivity contribution in [2.45, 2.75) is 13.0 Å². The lowest BCUT2D eigenvalue weighted by atomic mass is 10.3. The number of fused-ring (bicyclic) bond motifs is 1. The lowest BCUT2D eigenvalue weighted by Crippen LogP contribution is -2.31. The van der Waals surface area contributed by atoms with Gasteiger partial charge < -0.3 is 9.64 Å². The monoisotopic (exact) mass is 360 g/mol. The molecule has 1 aromatic carbocycles. The number of ether oxygens (including phenoxy) is 1. The van der Waals surface area contributed by atoms with Crippen molar-refractivity contribution in [3.8, 4) is 0 Å². The highest BCUT2D eigenvalue weighted by molar-refractivity contribution is 7.18. The van der Waals surface area contributed by atoms with E-state index in [1.165, 1.54) is 16.2 Å². The first-order valence-corrected chi connectivity index (χ1v) is 9.08. The fourth-order valence-corrected chi connectivity index (χ4v) is 3.85. The number of nitrogens with zero attached hydrogens (tertiary/aromatic N) is 2. The van der Waals surface area contributed by atoms with E-state index in [1.54, 1.807) is 18.4 Å². The number of carbonyl (C=O) groups is 2. The third-order valence-electron chi connectivity index (χ3n) is 3.39. The predicted molar refractivity (Wildman–Crippen MR) is 95.1 cm³/mol. The van der Waals surface area contributed by atoms with Gasteiger partial charge in [0.15, 0.2) is 6.61 Å². The summed E-state index contributed by atoms with van der Waals surface area (Å²) in [5.41, 5.74) is 0.931. The first-order chi connectivity index (χ1) is 11.6. The van der Waals surface area contributed by atoms with E-state index >= 15 is 0 Å². The largest absolute Gasteiger partial charge is 0.455 e. The molecule has 0 fully saturated rings. The molecule has 0 radical (unpaired) electrons. The molecule has 0 bridgehead atoms. The van der Waals surface area contributed by atoms with Gasteiger partial charge in [-0.05, 0) is 23.6 Å². The molecule has 0 N–H and O–H groups in total. The van der Waals surface area contributed by atoms with E-state index in [2.05, 4.69) is 4.98 Å². The summed E-state index contributed by atoms with van der Waals surface area (Å²) in [7, 11) is 1.68. The fraction of sp³-hybridized carbons (Fsp3) is 0.235. The van der Waals surface area contributed by atoms with Crippen molar-refractivity contribution in [2.24, 2.45) is 0 Å². The third kappa shape index (κ3) is 4.18. The molecule has 0 aliphatic rings. The zero-order valence-corrected chi connectivity index (χ0v) is 14.7. The Kier molecular flexibility index (Phi) is 5.22. The Morgan fingerprint density at radius 1 is 1.21 bits per heavy atom. The highest BCUT2D eigenvalue weighted by atomic mass is 32.1. The lowest BCUT2D eigenvalue weighted by molar-refractivity contribution is -0.151. The summed E-state index contributed by atoms with van der Waals surface area (Å²) in [6, 6.07) is 11.6. The molecule has 0 saturated heterocycles. The molecule has 1 amide bonds. The van der Waals surface area contributed by atoms with Crippen LogP contribution in [0.1, 0.15) is 9.88 Å². The van der Waals surface area contributed by atoms with E-state index in [0.717, 1.165) is 20.1 Å². The Hall–Kier alpha value is -2.25. The van der Waals surface area contributed by atoms with E-state index in [9.17, 15) is 9.59 Å². The van der Waals surface area contributed by atoms with Crippen LogP contribution in [-0.2, 0) is 27.3 Å². The summed E-state index contributed by atoms with van der Waals surface area (Å²) in [5, 5.41) is 2.76. The number of aromatic nitrogens is 1. The van der Waals surface area contributed by atoms with Crippen LogP contribution in [-0.4, -0.2) is 35.4 Å². The van der Waals surface area contributed by atoms with Gasteiger partial charge in [-0.25, -0.2) is 4.98 Å². The second kappa shape index (κ2) is 7.55. The van der Waals surface area contributed by atoms with Crippen LogP contribution in [0.3, 0.4) is 0 Å². The van der Waals surface area contributed by atoms with Crippen molar-refractivity contribution in [3.63, 3.8) is 0 Å². The Bertz CT molecular complexity index is 810. The summed E-state index contributed by atoms with van der Waals surface area (Å²) < 4.78 is 6.15. The molecule has 5 nitrogen and oxygen atoms in total. The molecule has 7 heteroatoms. The molecule has 124 valence electrons. The van der Waals surface area contributed by atoms with E-state index in [0.29, 0.717) is 6.54 Å². The van der Waals surface area contributed by atoms with Gasteiger partial charge in [-0.15, -0.1) is 22.7 Å². The van der Waals surface area contributed by atoms with E-state index in [4.69, 9.17) is 4.74 Å². The minimum absolute atomic E-state index is 0.201. The zero-order chi connectivity index (χ0) is 16.9. The molecule has 3 rings (SSSR count). The number of amides is 1. The molecule has 24 heavy (non-hydrogen) atoms. The average molecular weight is 360 g/mol. The summed E-state index contributed by atoms with van der Waals surface area (Å²) in [5.74, 6) is -0.632. The van der Waals surface area contributed by atoms with Crippen molar-refractivity contribution >= 4 is 44.8 Å². The number of para-hydroxylation sites is 1. The highest BCUT2D eigenvalue weighted by Gasteiger charge is 2.15. The standard InChI is InChI=1S/C17H16N2O3S2/c1-19(10-15-18-13-6-2-3-7-14(13)24-15)16(20)11-22-17(21)9-12-5-4-8-23-12/h2-8H,9-11H2,1H3. The number of likely N-dealkylation sites (N-methyl/N-ethyl adjacent to an activating group) is 1. The maximum absolute atomic E-state index is 12.1. The Morgan fingerprint density at radius 3 is 2.79 bits per heavy atom. The van der Waals surface area contributed by atoms with Gasteiger partial charge >= 0.3 is 5.97 Å². The number of benzene rings is 1. The Labute approximate surface area is 147 Å². The molecule has 0 aliphatic heterocycles. The van der Waals surface area contributed by atoms with Gasteiger partial charge in [0.25, 0.3) is 5.91 Å². The van der Waals surface area contributed by atoms with Crippen molar-refractivity contribution in [1.82, 2.24) is 9.88 Å². The van der Waals surface area contributed by atoms with Gasteiger partial charge in [-0.1, -0.05) is 18.2 Å². The average Bonchev–Trinajstić information content (AvgIpc) is 3.21. The minimum atomic E-state index is -0.390. The summed E-state index contributed by atoms with van der Waals surface area (Å²) in [6.07, 6.45) is 0.201. The van der Waals surface area contributed by atoms with Crippen LogP contribution in [0.2, 0.25) is 0 Å². The number of esters is 1. The quantitative estimate of drug-likeness (QED) is 0.634. The van der Waals surface area contributed by atoms with Crippen molar-refractivity contribution < 1.29 is 14.3 Å². The van der Waals surface area contributed by atoms with Crippen molar-refractivity contribution in [3.05, 3.63) is 51.7 Å². The van der Waals surface area contributed by atoms with Gasteiger partial charge in [0.1, 0.15) is 5.01 Å². The van der Waals surface area contributed by atoms with Crippen molar-refractivity contribution in [2.75, 3.05) is 13.7 Å². The SMILES string of the molecule is CN(Cc1nc2ccccc2s1)C(=O)COC(=O)Cc1cccs1. The number of carbonyl (C=O) groups excluding carboxylic acids is 2. The van der Waals surface area contributed by atoms with Crippen LogP contribution in [0.15, 0.2) is 41.8 Å². The first kappa shape index (κ1) is 16.6. The predicted octanol–water partition coefficient (Wildman–Crippen LogP) is 3.10. The molecule has 0 atom stereocenters. The number of hydrogen-bond acceptors (Lipinski definition) is 6.